The van der Waals surface area contributed by atoms with Gasteiger partial charge in [-0.25, -0.2) is 18.4 Å². The smallest absolute Gasteiger partial charge is 0.229 e. The van der Waals surface area contributed by atoms with Gasteiger partial charge in [0.05, 0.1) is 22.1 Å². The number of hydrogen-bond donors (Lipinski definition) is 1. The highest BCUT2D eigenvalue weighted by Crippen LogP contribution is 2.29. The van der Waals surface area contributed by atoms with E-state index in [9.17, 15) is 8.42 Å². The third kappa shape index (κ3) is 4.54. The molecule has 0 radical (unpaired) electrons. The third-order valence-electron chi connectivity index (χ3n) is 4.16. The summed E-state index contributed by atoms with van der Waals surface area (Å²) >= 11 is 6.21. The zero-order valence-corrected chi connectivity index (χ0v) is 16.8. The van der Waals surface area contributed by atoms with Gasteiger partial charge in [-0.3, -0.25) is 0 Å². The molecular weight excluding hydrogens is 384 g/mol. The number of benzene rings is 1. The van der Waals surface area contributed by atoms with Crippen LogP contribution in [0.2, 0.25) is 5.02 Å². The molecule has 0 fully saturated rings. The molecule has 2 aromatic rings. The highest BCUT2D eigenvalue weighted by Gasteiger charge is 2.28. The maximum absolute atomic E-state index is 12.7. The molecule has 1 aromatic carbocycles. The molecule has 1 aromatic heterocycles. The second kappa shape index (κ2) is 8.19. The van der Waals surface area contributed by atoms with E-state index >= 15 is 0 Å². The van der Waals surface area contributed by atoms with Crippen LogP contribution in [0.15, 0.2) is 52.5 Å². The molecule has 0 atom stereocenters. The van der Waals surface area contributed by atoms with Gasteiger partial charge in [-0.2, -0.15) is 4.98 Å². The van der Waals surface area contributed by atoms with Crippen LogP contribution >= 0.6 is 11.6 Å². The van der Waals surface area contributed by atoms with E-state index in [1.165, 1.54) is 6.20 Å². The molecular formula is C19H21ClN4O2S. The number of aromatic nitrogens is 2. The lowest BCUT2D eigenvalue weighted by Gasteiger charge is -2.18. The standard InChI is InChI=1S/C19H21ClN4O2S/c1-13(2)27(25,26)17-11-7-6-10-16(17)23-18-15(20)12-21-19(24-18)22-14-8-4-3-5-9-14/h3-5,8-9,11-13H,6-7,10H2,1-2H3,(H,21,22,24). The Labute approximate surface area is 164 Å². The van der Waals surface area contributed by atoms with Crippen LogP contribution in [-0.4, -0.2) is 29.3 Å². The van der Waals surface area contributed by atoms with Gasteiger partial charge in [-0.1, -0.05) is 35.9 Å². The summed E-state index contributed by atoms with van der Waals surface area (Å²) in [4.78, 5) is 13.3. The molecule has 0 spiro atoms. The fourth-order valence-electron chi connectivity index (χ4n) is 2.66. The van der Waals surface area contributed by atoms with Crippen molar-refractivity contribution in [3.8, 4) is 0 Å². The first-order valence-corrected chi connectivity index (χ1v) is 10.7. The SMILES string of the molecule is CC(C)S(=O)(=O)C1=CCCCC1=Nc1nc(Nc2ccccc2)ncc1Cl. The Morgan fingerprint density at radius 1 is 1.22 bits per heavy atom. The zero-order valence-electron chi connectivity index (χ0n) is 15.2. The van der Waals surface area contributed by atoms with Gasteiger partial charge in [-0.05, 0) is 45.2 Å². The minimum atomic E-state index is -3.41. The molecule has 3 rings (SSSR count). The van der Waals surface area contributed by atoms with Crippen molar-refractivity contribution >= 4 is 44.6 Å². The van der Waals surface area contributed by atoms with Crippen molar-refractivity contribution in [3.05, 3.63) is 52.5 Å². The molecule has 27 heavy (non-hydrogen) atoms. The second-order valence-corrected chi connectivity index (χ2v) is 9.35. The first-order chi connectivity index (χ1) is 12.9. The lowest BCUT2D eigenvalue weighted by Crippen LogP contribution is -2.23. The Balaban J connectivity index is 1.96. The minimum Gasteiger partial charge on any atom is -0.324 e. The number of anilines is 2. The van der Waals surface area contributed by atoms with Crippen LogP contribution in [0.4, 0.5) is 17.5 Å². The minimum absolute atomic E-state index is 0.256. The van der Waals surface area contributed by atoms with E-state index in [1.54, 1.807) is 19.9 Å². The van der Waals surface area contributed by atoms with Crippen LogP contribution in [0.3, 0.4) is 0 Å². The van der Waals surface area contributed by atoms with Gasteiger partial charge >= 0.3 is 0 Å². The molecule has 0 amide bonds. The van der Waals surface area contributed by atoms with Crippen LogP contribution in [0.25, 0.3) is 0 Å². The Bertz CT molecular complexity index is 986. The topological polar surface area (TPSA) is 84.3 Å². The van der Waals surface area contributed by atoms with Crippen LogP contribution in [0.5, 0.6) is 0 Å². The van der Waals surface area contributed by atoms with Crippen LogP contribution in [0, 0.1) is 0 Å². The summed E-state index contributed by atoms with van der Waals surface area (Å²) in [6.07, 6.45) is 5.34. The van der Waals surface area contributed by atoms with E-state index in [-0.39, 0.29) is 15.7 Å². The highest BCUT2D eigenvalue weighted by molar-refractivity contribution is 7.96. The summed E-state index contributed by atoms with van der Waals surface area (Å²) in [5.74, 6) is 0.602. The number of aliphatic imine (C=N–C) groups is 1. The molecule has 6 nitrogen and oxygen atoms in total. The molecule has 0 saturated carbocycles. The van der Waals surface area contributed by atoms with Crippen molar-refractivity contribution in [1.29, 1.82) is 0 Å². The Kier molecular flexibility index (Phi) is 5.92. The summed E-state index contributed by atoms with van der Waals surface area (Å²) in [6, 6.07) is 9.49. The highest BCUT2D eigenvalue weighted by atomic mass is 35.5. The van der Waals surface area contributed by atoms with Crippen molar-refractivity contribution in [1.82, 2.24) is 9.97 Å². The van der Waals surface area contributed by atoms with E-state index in [1.807, 2.05) is 30.3 Å². The number of rotatable bonds is 5. The van der Waals surface area contributed by atoms with Crippen molar-refractivity contribution < 1.29 is 8.42 Å². The predicted octanol–water partition coefficient (Wildman–Crippen LogP) is 4.84. The fourth-order valence-corrected chi connectivity index (χ4v) is 4.13. The maximum Gasteiger partial charge on any atom is 0.229 e. The molecule has 8 heteroatoms. The molecule has 0 aliphatic heterocycles. The van der Waals surface area contributed by atoms with Gasteiger partial charge in [0, 0.05) is 5.69 Å². The average Bonchev–Trinajstić information content (AvgIpc) is 2.65. The van der Waals surface area contributed by atoms with Gasteiger partial charge in [0.25, 0.3) is 0 Å². The lowest BCUT2D eigenvalue weighted by atomic mass is 10.1. The number of hydrogen-bond acceptors (Lipinski definition) is 6. The first-order valence-electron chi connectivity index (χ1n) is 8.74. The van der Waals surface area contributed by atoms with Gasteiger partial charge in [0.15, 0.2) is 15.7 Å². The summed E-state index contributed by atoms with van der Waals surface area (Å²) in [5.41, 5.74) is 1.33. The van der Waals surface area contributed by atoms with Crippen molar-refractivity contribution in [2.75, 3.05) is 5.32 Å². The predicted molar refractivity (Wildman–Crippen MR) is 110 cm³/mol. The van der Waals surface area contributed by atoms with E-state index in [2.05, 4.69) is 20.3 Å². The molecule has 0 bridgehead atoms. The van der Waals surface area contributed by atoms with Gasteiger partial charge < -0.3 is 5.32 Å². The average molecular weight is 405 g/mol. The first kappa shape index (κ1) is 19.5. The van der Waals surface area contributed by atoms with E-state index in [4.69, 9.17) is 11.6 Å². The number of sulfone groups is 1. The Morgan fingerprint density at radius 2 is 1.96 bits per heavy atom. The maximum atomic E-state index is 12.7. The summed E-state index contributed by atoms with van der Waals surface area (Å²) < 4.78 is 25.3. The third-order valence-corrected chi connectivity index (χ3v) is 6.68. The van der Waals surface area contributed by atoms with Crippen molar-refractivity contribution in [2.45, 2.75) is 38.4 Å². The summed E-state index contributed by atoms with van der Waals surface area (Å²) in [7, 11) is -3.41. The van der Waals surface area contributed by atoms with Crippen LogP contribution in [0.1, 0.15) is 33.1 Å². The van der Waals surface area contributed by atoms with Gasteiger partial charge in [-0.15, -0.1) is 0 Å². The van der Waals surface area contributed by atoms with E-state index < -0.39 is 15.1 Å². The molecule has 0 unspecified atom stereocenters. The molecule has 1 aliphatic carbocycles. The number of halogens is 1. The number of para-hydroxylation sites is 1. The van der Waals surface area contributed by atoms with Crippen molar-refractivity contribution in [3.63, 3.8) is 0 Å². The van der Waals surface area contributed by atoms with Crippen molar-refractivity contribution in [2.24, 2.45) is 4.99 Å². The quantitative estimate of drug-likeness (QED) is 0.770. The number of allylic oxidation sites excluding steroid dienone is 2. The molecule has 0 saturated heterocycles. The monoisotopic (exact) mass is 404 g/mol. The van der Waals surface area contributed by atoms with Gasteiger partial charge in [0.2, 0.25) is 5.95 Å². The Hall–Kier alpha value is -2.25. The molecule has 142 valence electrons. The molecule has 1 heterocycles. The van der Waals surface area contributed by atoms with E-state index in [0.29, 0.717) is 18.1 Å². The number of nitrogens with zero attached hydrogens (tertiary/aromatic N) is 3. The fraction of sp³-hybridized carbons (Fsp3) is 0.316. The summed E-state index contributed by atoms with van der Waals surface area (Å²) in [6.45, 7) is 3.34. The molecule has 1 N–H and O–H groups in total. The van der Waals surface area contributed by atoms with Gasteiger partial charge in [0.1, 0.15) is 5.02 Å². The van der Waals surface area contributed by atoms with Crippen LogP contribution in [-0.2, 0) is 9.84 Å². The Morgan fingerprint density at radius 3 is 2.67 bits per heavy atom. The van der Waals surface area contributed by atoms with E-state index in [0.717, 1.165) is 18.5 Å². The van der Waals surface area contributed by atoms with Crippen LogP contribution < -0.4 is 5.32 Å². The summed E-state index contributed by atoms with van der Waals surface area (Å²) in [5, 5.41) is 2.85. The molecule has 1 aliphatic rings. The zero-order chi connectivity index (χ0) is 19.4. The lowest BCUT2D eigenvalue weighted by molar-refractivity contribution is 0.594. The normalized spacial score (nSPS) is 16.4. The largest absolute Gasteiger partial charge is 0.324 e. The number of nitrogens with one attached hydrogen (secondary N) is 1. The second-order valence-electron chi connectivity index (χ2n) is 6.47.